The molecule has 0 aliphatic heterocycles. The fourth-order valence-corrected chi connectivity index (χ4v) is 2.10. The van der Waals surface area contributed by atoms with Gasteiger partial charge in [0, 0.05) is 0 Å². The van der Waals surface area contributed by atoms with Crippen LogP contribution in [0.2, 0.25) is 0 Å². The topological polar surface area (TPSA) is 78.3 Å². The van der Waals surface area contributed by atoms with Gasteiger partial charge in [0.25, 0.3) is 0 Å². The van der Waals surface area contributed by atoms with Gasteiger partial charge in [-0.2, -0.15) is 0 Å². The molecule has 0 aliphatic rings. The minimum atomic E-state index is -1.35. The fourth-order valence-electron chi connectivity index (χ4n) is 2.10. The van der Waals surface area contributed by atoms with E-state index in [1.807, 2.05) is 50.2 Å². The molecule has 2 rings (SSSR count). The predicted molar refractivity (Wildman–Crippen MR) is 82.9 cm³/mol. The van der Waals surface area contributed by atoms with Gasteiger partial charge in [-0.25, -0.2) is 0 Å². The van der Waals surface area contributed by atoms with Crippen molar-refractivity contribution in [3.63, 3.8) is 0 Å². The van der Waals surface area contributed by atoms with Gasteiger partial charge >= 0.3 is 0 Å². The average Bonchev–Trinajstić information content (AvgIpc) is 2.49. The van der Waals surface area contributed by atoms with Gasteiger partial charge in [-0.3, -0.25) is 4.79 Å². The fraction of sp³-hybridized carbons (Fsp3) is 0.235. The molecule has 110 valence electrons. The monoisotopic (exact) mass is 284 g/mol. The predicted octanol–water partition coefficient (Wildman–Crippen LogP) is 2.02. The van der Waals surface area contributed by atoms with E-state index in [0.717, 1.165) is 11.1 Å². The molecule has 0 aromatic heterocycles. The van der Waals surface area contributed by atoms with Crippen molar-refractivity contribution in [2.75, 3.05) is 6.61 Å². The lowest BCUT2D eigenvalue weighted by Crippen LogP contribution is -2.53. The van der Waals surface area contributed by atoms with E-state index in [-0.39, 0.29) is 6.61 Å². The maximum atomic E-state index is 11.8. The molecule has 2 aromatic carbocycles. The molecule has 4 nitrogen and oxygen atoms in total. The Labute approximate surface area is 124 Å². The van der Waals surface area contributed by atoms with Crippen molar-refractivity contribution in [3.8, 4) is 5.75 Å². The zero-order chi connectivity index (χ0) is 15.5. The summed E-state index contributed by atoms with van der Waals surface area (Å²) in [5.74, 6) is 0.0982. The Hall–Kier alpha value is -2.33. The Bertz CT molecular complexity index is 640. The molecular formula is C17H20N2O2. The van der Waals surface area contributed by atoms with Crippen LogP contribution in [-0.4, -0.2) is 12.5 Å². The standard InChI is InChI=1S/C17H20N2O2/c1-12-7-6-10-15(13(12)2)21-11-17(19,16(18)20)14-8-4-3-5-9-14/h3-10H,11,19H2,1-2H3,(H2,18,20). The minimum Gasteiger partial charge on any atom is -0.490 e. The highest BCUT2D eigenvalue weighted by Crippen LogP contribution is 2.24. The Morgan fingerprint density at radius 2 is 1.76 bits per heavy atom. The van der Waals surface area contributed by atoms with Gasteiger partial charge in [-0.1, -0.05) is 42.5 Å². The van der Waals surface area contributed by atoms with Gasteiger partial charge in [0.1, 0.15) is 12.4 Å². The summed E-state index contributed by atoms with van der Waals surface area (Å²) in [6.45, 7) is 3.97. The third-order valence-electron chi connectivity index (χ3n) is 3.74. The van der Waals surface area contributed by atoms with Gasteiger partial charge in [-0.15, -0.1) is 0 Å². The first-order chi connectivity index (χ1) is 9.95. The van der Waals surface area contributed by atoms with E-state index in [1.165, 1.54) is 0 Å². The number of hydrogen-bond donors (Lipinski definition) is 2. The van der Waals surface area contributed by atoms with Crippen LogP contribution < -0.4 is 16.2 Å². The van der Waals surface area contributed by atoms with Crippen LogP contribution in [0.4, 0.5) is 0 Å². The second kappa shape index (κ2) is 5.97. The number of ether oxygens (including phenoxy) is 1. The number of nitrogens with two attached hydrogens (primary N) is 2. The van der Waals surface area contributed by atoms with E-state index in [0.29, 0.717) is 11.3 Å². The van der Waals surface area contributed by atoms with E-state index >= 15 is 0 Å². The number of rotatable bonds is 5. The number of hydrogen-bond acceptors (Lipinski definition) is 3. The van der Waals surface area contributed by atoms with Crippen LogP contribution in [0.25, 0.3) is 0 Å². The molecule has 4 heteroatoms. The average molecular weight is 284 g/mol. The molecule has 0 aliphatic carbocycles. The van der Waals surface area contributed by atoms with Crippen LogP contribution >= 0.6 is 0 Å². The molecule has 0 heterocycles. The Balaban J connectivity index is 2.26. The third-order valence-corrected chi connectivity index (χ3v) is 3.74. The summed E-state index contributed by atoms with van der Waals surface area (Å²) in [7, 11) is 0. The van der Waals surface area contributed by atoms with Crippen LogP contribution in [0.5, 0.6) is 5.75 Å². The van der Waals surface area contributed by atoms with Crippen molar-refractivity contribution in [2.24, 2.45) is 11.5 Å². The minimum absolute atomic E-state index is 0.00333. The van der Waals surface area contributed by atoms with E-state index < -0.39 is 11.4 Å². The lowest BCUT2D eigenvalue weighted by molar-refractivity contribution is -0.124. The molecular weight excluding hydrogens is 264 g/mol. The number of amides is 1. The molecule has 0 saturated heterocycles. The first-order valence-electron chi connectivity index (χ1n) is 6.78. The second-order valence-corrected chi connectivity index (χ2v) is 5.19. The Morgan fingerprint density at radius 1 is 1.10 bits per heavy atom. The largest absolute Gasteiger partial charge is 0.490 e. The van der Waals surface area contributed by atoms with Crippen LogP contribution in [-0.2, 0) is 10.3 Å². The van der Waals surface area contributed by atoms with E-state index in [1.54, 1.807) is 12.1 Å². The van der Waals surface area contributed by atoms with Gasteiger partial charge in [0.15, 0.2) is 5.54 Å². The summed E-state index contributed by atoms with van der Waals surface area (Å²) in [6, 6.07) is 14.8. The van der Waals surface area contributed by atoms with E-state index in [4.69, 9.17) is 16.2 Å². The SMILES string of the molecule is Cc1cccc(OCC(N)(C(N)=O)c2ccccc2)c1C. The van der Waals surface area contributed by atoms with E-state index in [2.05, 4.69) is 0 Å². The number of carbonyl (C=O) groups excluding carboxylic acids is 1. The first-order valence-corrected chi connectivity index (χ1v) is 6.78. The summed E-state index contributed by atoms with van der Waals surface area (Å²) in [6.07, 6.45) is 0. The lowest BCUT2D eigenvalue weighted by Gasteiger charge is -2.27. The van der Waals surface area contributed by atoms with Gasteiger partial charge in [-0.05, 0) is 36.6 Å². The van der Waals surface area contributed by atoms with Gasteiger partial charge in [0.05, 0.1) is 0 Å². The highest BCUT2D eigenvalue weighted by molar-refractivity contribution is 5.86. The number of carbonyl (C=O) groups is 1. The lowest BCUT2D eigenvalue weighted by atomic mass is 9.91. The van der Waals surface area contributed by atoms with Crippen molar-refractivity contribution >= 4 is 5.91 Å². The summed E-state index contributed by atoms with van der Waals surface area (Å²) in [5, 5.41) is 0. The molecule has 1 unspecified atom stereocenters. The zero-order valence-corrected chi connectivity index (χ0v) is 12.3. The third kappa shape index (κ3) is 3.06. The van der Waals surface area contributed by atoms with Crippen LogP contribution in [0.3, 0.4) is 0 Å². The van der Waals surface area contributed by atoms with Gasteiger partial charge in [0.2, 0.25) is 5.91 Å². The normalized spacial score (nSPS) is 13.5. The summed E-state index contributed by atoms with van der Waals surface area (Å²) < 4.78 is 5.77. The molecule has 1 atom stereocenters. The summed E-state index contributed by atoms with van der Waals surface area (Å²) in [4.78, 5) is 11.8. The van der Waals surface area contributed by atoms with Crippen molar-refractivity contribution in [1.82, 2.24) is 0 Å². The number of primary amides is 1. The van der Waals surface area contributed by atoms with Crippen molar-refractivity contribution in [3.05, 3.63) is 65.2 Å². The summed E-state index contributed by atoms with van der Waals surface area (Å²) in [5.41, 5.74) is 13.1. The van der Waals surface area contributed by atoms with Crippen LogP contribution in [0.15, 0.2) is 48.5 Å². The molecule has 1 amide bonds. The molecule has 2 aromatic rings. The molecule has 4 N–H and O–H groups in total. The maximum Gasteiger partial charge on any atom is 0.245 e. The molecule has 0 saturated carbocycles. The zero-order valence-electron chi connectivity index (χ0n) is 12.3. The first kappa shape index (κ1) is 15.1. The molecule has 0 radical (unpaired) electrons. The second-order valence-electron chi connectivity index (χ2n) is 5.19. The summed E-state index contributed by atoms with van der Waals surface area (Å²) >= 11 is 0. The number of benzene rings is 2. The van der Waals surface area contributed by atoms with Crippen LogP contribution in [0.1, 0.15) is 16.7 Å². The van der Waals surface area contributed by atoms with Crippen LogP contribution in [0, 0.1) is 13.8 Å². The van der Waals surface area contributed by atoms with Crippen molar-refractivity contribution in [1.29, 1.82) is 0 Å². The van der Waals surface area contributed by atoms with Gasteiger partial charge < -0.3 is 16.2 Å². The highest BCUT2D eigenvalue weighted by atomic mass is 16.5. The molecule has 0 bridgehead atoms. The smallest absolute Gasteiger partial charge is 0.245 e. The maximum absolute atomic E-state index is 11.8. The molecule has 21 heavy (non-hydrogen) atoms. The molecule has 0 fully saturated rings. The Morgan fingerprint density at radius 3 is 2.38 bits per heavy atom. The Kier molecular flexibility index (Phi) is 4.29. The van der Waals surface area contributed by atoms with Crippen molar-refractivity contribution < 1.29 is 9.53 Å². The number of aryl methyl sites for hydroxylation is 1. The molecule has 0 spiro atoms. The highest BCUT2D eigenvalue weighted by Gasteiger charge is 2.35. The van der Waals surface area contributed by atoms with E-state index in [9.17, 15) is 4.79 Å². The quantitative estimate of drug-likeness (QED) is 0.881. The van der Waals surface area contributed by atoms with Crippen molar-refractivity contribution in [2.45, 2.75) is 19.4 Å².